The Morgan fingerprint density at radius 1 is 1.16 bits per heavy atom. The fourth-order valence-electron chi connectivity index (χ4n) is 3.16. The number of hydrogen-bond acceptors (Lipinski definition) is 2. The second kappa shape index (κ2) is 6.69. The van der Waals surface area contributed by atoms with Gasteiger partial charge in [-0.15, -0.1) is 12.4 Å². The molecule has 19 heavy (non-hydrogen) atoms. The highest BCUT2D eigenvalue weighted by Crippen LogP contribution is 2.29. The van der Waals surface area contributed by atoms with E-state index in [1.807, 2.05) is 24.3 Å². The average molecular weight is 286 g/mol. The van der Waals surface area contributed by atoms with Gasteiger partial charge in [0.25, 0.3) is 0 Å². The second-order valence-corrected chi connectivity index (χ2v) is 5.50. The summed E-state index contributed by atoms with van der Waals surface area (Å²) in [7, 11) is 0. The van der Waals surface area contributed by atoms with Crippen molar-refractivity contribution in [2.75, 3.05) is 0 Å². The van der Waals surface area contributed by atoms with Crippen LogP contribution < -0.4 is 5.32 Å². The van der Waals surface area contributed by atoms with Gasteiger partial charge in [-0.3, -0.25) is 0 Å². The van der Waals surface area contributed by atoms with E-state index in [-0.39, 0.29) is 12.4 Å². The summed E-state index contributed by atoms with van der Waals surface area (Å²) in [6, 6.07) is 8.94. The molecule has 106 valence electrons. The van der Waals surface area contributed by atoms with Crippen LogP contribution in [0.1, 0.15) is 36.8 Å². The van der Waals surface area contributed by atoms with Gasteiger partial charge in [-0.05, 0) is 36.8 Å². The number of ether oxygens (including phenoxy) is 1. The first-order valence-corrected chi connectivity index (χ1v) is 6.85. The molecule has 0 radical (unpaired) electrons. The molecule has 1 aromatic carbocycles. The molecule has 2 fully saturated rings. The highest BCUT2D eigenvalue weighted by molar-refractivity contribution is 5.85. The standard InChI is InChI=1S/C15H20FNO.ClH/c16-9-11-2-1-3-12(6-11)10-18-15-7-13-4-5-14(8-15)17-13;/h1-3,6,13-15,17H,4-5,7-10H2;1H. The Morgan fingerprint density at radius 2 is 1.84 bits per heavy atom. The Balaban J connectivity index is 0.00000133. The van der Waals surface area contributed by atoms with Crippen molar-refractivity contribution < 1.29 is 9.13 Å². The van der Waals surface area contributed by atoms with E-state index in [2.05, 4.69) is 5.32 Å². The maximum absolute atomic E-state index is 12.6. The normalized spacial score (nSPS) is 29.0. The lowest BCUT2D eigenvalue weighted by molar-refractivity contribution is 0.00914. The Morgan fingerprint density at radius 3 is 2.53 bits per heavy atom. The summed E-state index contributed by atoms with van der Waals surface area (Å²) in [5.74, 6) is 0. The van der Waals surface area contributed by atoms with Crippen LogP contribution in [0.15, 0.2) is 24.3 Å². The number of fused-ring (bicyclic) bond motifs is 2. The van der Waals surface area contributed by atoms with Gasteiger partial charge in [0.15, 0.2) is 0 Å². The minimum absolute atomic E-state index is 0. The number of benzene rings is 1. The third-order valence-corrected chi connectivity index (χ3v) is 4.06. The minimum Gasteiger partial charge on any atom is -0.373 e. The van der Waals surface area contributed by atoms with Gasteiger partial charge in [0.1, 0.15) is 6.67 Å². The highest BCUT2D eigenvalue weighted by Gasteiger charge is 2.33. The van der Waals surface area contributed by atoms with E-state index < -0.39 is 6.67 Å². The first kappa shape index (κ1) is 14.8. The van der Waals surface area contributed by atoms with Crippen molar-refractivity contribution in [3.63, 3.8) is 0 Å². The molecule has 2 bridgehead atoms. The molecule has 2 heterocycles. The van der Waals surface area contributed by atoms with Gasteiger partial charge in [0.2, 0.25) is 0 Å². The molecule has 0 aromatic heterocycles. The molecule has 4 heteroatoms. The predicted molar refractivity (Wildman–Crippen MR) is 76.3 cm³/mol. The molecule has 2 aliphatic rings. The molecule has 0 aliphatic carbocycles. The van der Waals surface area contributed by atoms with Gasteiger partial charge >= 0.3 is 0 Å². The maximum Gasteiger partial charge on any atom is 0.115 e. The Labute approximate surface area is 120 Å². The van der Waals surface area contributed by atoms with E-state index in [9.17, 15) is 4.39 Å². The number of hydrogen-bond donors (Lipinski definition) is 1. The summed E-state index contributed by atoms with van der Waals surface area (Å²) in [5.41, 5.74) is 1.82. The van der Waals surface area contributed by atoms with E-state index in [1.54, 1.807) is 0 Å². The molecule has 0 saturated carbocycles. The van der Waals surface area contributed by atoms with Crippen LogP contribution in [0.5, 0.6) is 0 Å². The van der Waals surface area contributed by atoms with Crippen LogP contribution in [0.3, 0.4) is 0 Å². The predicted octanol–water partition coefficient (Wildman–Crippen LogP) is 3.38. The Hall–Kier alpha value is -0.640. The molecule has 2 unspecified atom stereocenters. The average Bonchev–Trinajstić information content (AvgIpc) is 2.76. The van der Waals surface area contributed by atoms with Gasteiger partial charge in [0, 0.05) is 12.1 Å². The van der Waals surface area contributed by atoms with Gasteiger partial charge in [-0.1, -0.05) is 24.3 Å². The minimum atomic E-state index is -0.397. The first-order chi connectivity index (χ1) is 8.83. The summed E-state index contributed by atoms with van der Waals surface area (Å²) in [6.07, 6.45) is 5.21. The van der Waals surface area contributed by atoms with Crippen molar-refractivity contribution in [3.05, 3.63) is 35.4 Å². The number of rotatable bonds is 4. The van der Waals surface area contributed by atoms with Crippen LogP contribution in [-0.2, 0) is 18.0 Å². The topological polar surface area (TPSA) is 21.3 Å². The van der Waals surface area contributed by atoms with E-state index >= 15 is 0 Å². The van der Waals surface area contributed by atoms with E-state index in [0.29, 0.717) is 24.8 Å². The quantitative estimate of drug-likeness (QED) is 0.916. The van der Waals surface area contributed by atoms with Crippen molar-refractivity contribution in [3.8, 4) is 0 Å². The van der Waals surface area contributed by atoms with Crippen molar-refractivity contribution in [2.24, 2.45) is 0 Å². The molecule has 0 amide bonds. The summed E-state index contributed by atoms with van der Waals surface area (Å²) < 4.78 is 18.5. The SMILES string of the molecule is Cl.FCc1cccc(COC2CC3CCC(C2)N3)c1. The lowest BCUT2D eigenvalue weighted by Crippen LogP contribution is -2.41. The number of alkyl halides is 1. The zero-order valence-corrected chi connectivity index (χ0v) is 11.8. The molecule has 2 aliphatic heterocycles. The Kier molecular flexibility index (Phi) is 5.20. The van der Waals surface area contributed by atoms with Crippen LogP contribution in [0.25, 0.3) is 0 Å². The van der Waals surface area contributed by atoms with Crippen LogP contribution in [0.4, 0.5) is 4.39 Å². The van der Waals surface area contributed by atoms with Crippen LogP contribution >= 0.6 is 12.4 Å². The summed E-state index contributed by atoms with van der Waals surface area (Å²) >= 11 is 0. The van der Waals surface area contributed by atoms with Gasteiger partial charge in [-0.25, -0.2) is 4.39 Å². The molecular formula is C15H21ClFNO. The molecule has 2 saturated heterocycles. The van der Waals surface area contributed by atoms with Gasteiger partial charge in [0.05, 0.1) is 12.7 Å². The smallest absolute Gasteiger partial charge is 0.115 e. The third-order valence-electron chi connectivity index (χ3n) is 4.06. The lowest BCUT2D eigenvalue weighted by Gasteiger charge is -2.29. The monoisotopic (exact) mass is 285 g/mol. The summed E-state index contributed by atoms with van der Waals surface area (Å²) in [6.45, 7) is 0.212. The molecule has 3 rings (SSSR count). The summed E-state index contributed by atoms with van der Waals surface area (Å²) in [4.78, 5) is 0. The maximum atomic E-state index is 12.6. The molecule has 1 N–H and O–H groups in total. The number of piperidine rings is 1. The fraction of sp³-hybridized carbons (Fsp3) is 0.600. The third kappa shape index (κ3) is 3.68. The van der Waals surface area contributed by atoms with Crippen molar-refractivity contribution in [2.45, 2.75) is 57.2 Å². The van der Waals surface area contributed by atoms with Crippen LogP contribution in [0, 0.1) is 0 Å². The van der Waals surface area contributed by atoms with Crippen molar-refractivity contribution >= 4 is 12.4 Å². The zero-order valence-electron chi connectivity index (χ0n) is 11.0. The van der Waals surface area contributed by atoms with Gasteiger partial charge in [-0.2, -0.15) is 0 Å². The second-order valence-electron chi connectivity index (χ2n) is 5.50. The van der Waals surface area contributed by atoms with Crippen LogP contribution in [0.2, 0.25) is 0 Å². The van der Waals surface area contributed by atoms with Gasteiger partial charge < -0.3 is 10.1 Å². The molecule has 1 aromatic rings. The summed E-state index contributed by atoms with van der Waals surface area (Å²) in [5, 5.41) is 3.61. The fourth-order valence-corrected chi connectivity index (χ4v) is 3.16. The van der Waals surface area contributed by atoms with E-state index in [0.717, 1.165) is 24.0 Å². The van der Waals surface area contributed by atoms with E-state index in [4.69, 9.17) is 4.74 Å². The number of halogens is 2. The molecule has 2 atom stereocenters. The van der Waals surface area contributed by atoms with E-state index in [1.165, 1.54) is 12.8 Å². The van der Waals surface area contributed by atoms with Crippen molar-refractivity contribution in [1.29, 1.82) is 0 Å². The lowest BCUT2D eigenvalue weighted by atomic mass is 10.0. The van der Waals surface area contributed by atoms with Crippen molar-refractivity contribution in [1.82, 2.24) is 5.32 Å². The molecule has 0 spiro atoms. The Bertz CT molecular complexity index is 403. The molecule has 2 nitrogen and oxygen atoms in total. The first-order valence-electron chi connectivity index (χ1n) is 6.85. The largest absolute Gasteiger partial charge is 0.373 e. The molecular weight excluding hydrogens is 265 g/mol. The highest BCUT2D eigenvalue weighted by atomic mass is 35.5. The number of nitrogens with one attached hydrogen (secondary N) is 1. The van der Waals surface area contributed by atoms with Crippen LogP contribution in [-0.4, -0.2) is 18.2 Å². The zero-order chi connectivity index (χ0) is 12.4.